The van der Waals surface area contributed by atoms with Gasteiger partial charge < -0.3 is 19.4 Å². The summed E-state index contributed by atoms with van der Waals surface area (Å²) in [5.41, 5.74) is 2.58. The summed E-state index contributed by atoms with van der Waals surface area (Å²) in [7, 11) is 3.93. The first kappa shape index (κ1) is 26.1. The second kappa shape index (κ2) is 12.9. The summed E-state index contributed by atoms with van der Waals surface area (Å²) in [4.78, 5) is 21.2. The van der Waals surface area contributed by atoms with Gasteiger partial charge in [-0.3, -0.25) is 9.69 Å². The van der Waals surface area contributed by atoms with Crippen LogP contribution in [-0.2, 0) is 13.1 Å². The number of aromatic nitrogens is 1. The Hall–Kier alpha value is -3.94. The minimum absolute atomic E-state index is 0.0872. The van der Waals surface area contributed by atoms with Crippen LogP contribution in [0, 0.1) is 0 Å². The van der Waals surface area contributed by atoms with Crippen molar-refractivity contribution in [2.75, 3.05) is 27.2 Å². The molecule has 4 rings (SSSR count). The third-order valence-corrected chi connectivity index (χ3v) is 6.06. The highest BCUT2D eigenvalue weighted by atomic mass is 16.5. The van der Waals surface area contributed by atoms with Gasteiger partial charge in [-0.15, -0.1) is 0 Å². The second-order valence-corrected chi connectivity index (χ2v) is 9.24. The van der Waals surface area contributed by atoms with Crippen LogP contribution in [0.5, 0.6) is 11.5 Å². The monoisotopic (exact) mass is 498 g/mol. The van der Waals surface area contributed by atoms with Gasteiger partial charge in [0.1, 0.15) is 17.8 Å². The third kappa shape index (κ3) is 7.77. The molecule has 0 saturated carbocycles. The maximum absolute atomic E-state index is 12.5. The van der Waals surface area contributed by atoms with Gasteiger partial charge in [-0.1, -0.05) is 60.7 Å². The minimum atomic E-state index is -0.231. The Morgan fingerprint density at radius 2 is 1.65 bits per heavy atom. The highest BCUT2D eigenvalue weighted by molar-refractivity contribution is 5.91. The molecule has 0 unspecified atom stereocenters. The normalized spacial score (nSPS) is 12.0. The van der Waals surface area contributed by atoms with Crippen LogP contribution in [0.3, 0.4) is 0 Å². The van der Waals surface area contributed by atoms with E-state index in [9.17, 15) is 4.79 Å². The summed E-state index contributed by atoms with van der Waals surface area (Å²) in [6, 6.07) is 28.3. The van der Waals surface area contributed by atoms with Gasteiger partial charge in [0.2, 0.25) is 5.89 Å². The molecule has 0 spiro atoms. The Labute approximate surface area is 218 Å². The number of likely N-dealkylation sites (N-methyl/N-ethyl adjacent to an activating group) is 1. The summed E-state index contributed by atoms with van der Waals surface area (Å²) in [5, 5.41) is 2.88. The number of nitrogens with zero attached hydrogens (tertiary/aromatic N) is 3. The number of benzene rings is 3. The molecule has 1 aromatic heterocycles. The standard InChI is InChI=1S/C30H34N4O3/c1-23(25-12-6-4-7-13-25)34(21-29-32-28(22-36-29)30(35)31-17-18-33(2)3)20-24-11-10-16-27(19-24)37-26-14-8-5-9-15-26/h4-16,19,22-23H,17-18,20-21H2,1-3H3,(H,31,35)/t23-/m0/s1. The maximum atomic E-state index is 12.5. The van der Waals surface area contributed by atoms with Crippen molar-refractivity contribution in [1.29, 1.82) is 0 Å². The van der Waals surface area contributed by atoms with Crippen LogP contribution in [-0.4, -0.2) is 47.9 Å². The fourth-order valence-electron chi connectivity index (χ4n) is 3.98. The van der Waals surface area contributed by atoms with Crippen molar-refractivity contribution in [3.05, 3.63) is 114 Å². The summed E-state index contributed by atoms with van der Waals surface area (Å²) in [6.45, 7) is 4.56. The van der Waals surface area contributed by atoms with Crippen molar-refractivity contribution in [3.8, 4) is 11.5 Å². The molecule has 0 aliphatic rings. The van der Waals surface area contributed by atoms with Crippen molar-refractivity contribution in [2.24, 2.45) is 0 Å². The van der Waals surface area contributed by atoms with Crippen molar-refractivity contribution in [1.82, 2.24) is 20.1 Å². The number of hydrogen-bond acceptors (Lipinski definition) is 6. The Bertz CT molecular complexity index is 1260. The number of carbonyl (C=O) groups excluding carboxylic acids is 1. The maximum Gasteiger partial charge on any atom is 0.273 e. The predicted molar refractivity (Wildman–Crippen MR) is 144 cm³/mol. The number of oxazole rings is 1. The molecular weight excluding hydrogens is 464 g/mol. The Morgan fingerprint density at radius 3 is 2.38 bits per heavy atom. The molecule has 0 fully saturated rings. The molecule has 0 aliphatic carbocycles. The van der Waals surface area contributed by atoms with Crippen LogP contribution in [0.15, 0.2) is 95.6 Å². The lowest BCUT2D eigenvalue weighted by atomic mass is 10.1. The van der Waals surface area contributed by atoms with Crippen molar-refractivity contribution < 1.29 is 13.9 Å². The van der Waals surface area contributed by atoms with Gasteiger partial charge in [0.05, 0.1) is 6.54 Å². The molecule has 1 amide bonds. The summed E-state index contributed by atoms with van der Waals surface area (Å²) >= 11 is 0. The largest absolute Gasteiger partial charge is 0.457 e. The first-order chi connectivity index (χ1) is 18.0. The Balaban J connectivity index is 1.50. The topological polar surface area (TPSA) is 70.8 Å². The van der Waals surface area contributed by atoms with Crippen LogP contribution in [0.2, 0.25) is 0 Å². The molecule has 0 aliphatic heterocycles. The SMILES string of the molecule is C[C@@H](c1ccccc1)N(Cc1cccc(Oc2ccccc2)c1)Cc1nc(C(=O)NCCN(C)C)co1. The van der Waals surface area contributed by atoms with E-state index in [1.54, 1.807) is 0 Å². The number of hydrogen-bond donors (Lipinski definition) is 1. The highest BCUT2D eigenvalue weighted by Gasteiger charge is 2.20. The fourth-order valence-corrected chi connectivity index (χ4v) is 3.98. The van der Waals surface area contributed by atoms with E-state index in [-0.39, 0.29) is 11.9 Å². The van der Waals surface area contributed by atoms with E-state index in [0.29, 0.717) is 31.2 Å². The molecule has 4 aromatic rings. The number of carbonyl (C=O) groups is 1. The average molecular weight is 499 g/mol. The van der Waals surface area contributed by atoms with Gasteiger partial charge in [-0.05, 0) is 56.4 Å². The smallest absolute Gasteiger partial charge is 0.273 e. The van der Waals surface area contributed by atoms with E-state index in [1.165, 1.54) is 11.8 Å². The van der Waals surface area contributed by atoms with E-state index in [2.05, 4.69) is 46.4 Å². The number of amides is 1. The molecule has 1 N–H and O–H groups in total. The predicted octanol–water partition coefficient (Wildman–Crippen LogP) is 5.52. The molecular formula is C30H34N4O3. The van der Waals surface area contributed by atoms with Crippen molar-refractivity contribution in [3.63, 3.8) is 0 Å². The molecule has 37 heavy (non-hydrogen) atoms. The highest BCUT2D eigenvalue weighted by Crippen LogP contribution is 2.27. The van der Waals surface area contributed by atoms with Gasteiger partial charge in [0, 0.05) is 25.7 Å². The minimum Gasteiger partial charge on any atom is -0.457 e. The van der Waals surface area contributed by atoms with Crippen LogP contribution >= 0.6 is 0 Å². The molecule has 7 nitrogen and oxygen atoms in total. The second-order valence-electron chi connectivity index (χ2n) is 9.24. The van der Waals surface area contributed by atoms with Crippen molar-refractivity contribution in [2.45, 2.75) is 26.1 Å². The van der Waals surface area contributed by atoms with Gasteiger partial charge in [-0.25, -0.2) is 4.98 Å². The van der Waals surface area contributed by atoms with Crippen molar-refractivity contribution >= 4 is 5.91 Å². The number of para-hydroxylation sites is 1. The first-order valence-corrected chi connectivity index (χ1v) is 12.5. The molecule has 1 heterocycles. The summed E-state index contributed by atoms with van der Waals surface area (Å²) in [5.74, 6) is 1.84. The molecule has 1 atom stereocenters. The van der Waals surface area contributed by atoms with E-state index in [4.69, 9.17) is 9.15 Å². The molecule has 0 radical (unpaired) electrons. The van der Waals surface area contributed by atoms with Crippen LogP contribution < -0.4 is 10.1 Å². The lowest BCUT2D eigenvalue weighted by Crippen LogP contribution is -2.31. The zero-order chi connectivity index (χ0) is 26.0. The average Bonchev–Trinajstić information content (AvgIpc) is 3.38. The van der Waals surface area contributed by atoms with E-state index in [0.717, 1.165) is 23.6 Å². The molecule has 0 saturated heterocycles. The molecule has 7 heteroatoms. The number of rotatable bonds is 12. The lowest BCUT2D eigenvalue weighted by molar-refractivity contribution is 0.0946. The lowest BCUT2D eigenvalue weighted by Gasteiger charge is -2.28. The number of ether oxygens (including phenoxy) is 1. The van der Waals surface area contributed by atoms with Gasteiger partial charge >= 0.3 is 0 Å². The Morgan fingerprint density at radius 1 is 0.946 bits per heavy atom. The summed E-state index contributed by atoms with van der Waals surface area (Å²) < 4.78 is 11.8. The summed E-state index contributed by atoms with van der Waals surface area (Å²) in [6.07, 6.45) is 1.43. The fraction of sp³-hybridized carbons (Fsp3) is 0.267. The zero-order valence-corrected chi connectivity index (χ0v) is 21.6. The van der Waals surface area contributed by atoms with Gasteiger partial charge in [0.15, 0.2) is 5.69 Å². The molecule has 192 valence electrons. The zero-order valence-electron chi connectivity index (χ0n) is 21.6. The first-order valence-electron chi connectivity index (χ1n) is 12.5. The molecule has 0 bridgehead atoms. The van der Waals surface area contributed by atoms with E-state index < -0.39 is 0 Å². The van der Waals surface area contributed by atoms with E-state index in [1.807, 2.05) is 79.7 Å². The van der Waals surface area contributed by atoms with Crippen LogP contribution in [0.4, 0.5) is 0 Å². The molecule has 3 aromatic carbocycles. The number of nitrogens with one attached hydrogen (secondary N) is 1. The van der Waals surface area contributed by atoms with Gasteiger partial charge in [-0.2, -0.15) is 0 Å². The van der Waals surface area contributed by atoms with Gasteiger partial charge in [0.25, 0.3) is 5.91 Å². The van der Waals surface area contributed by atoms with E-state index >= 15 is 0 Å². The quantitative estimate of drug-likeness (QED) is 0.277. The van der Waals surface area contributed by atoms with Crippen LogP contribution in [0.1, 0.15) is 40.5 Å². The van der Waals surface area contributed by atoms with Crippen LogP contribution in [0.25, 0.3) is 0 Å². The third-order valence-electron chi connectivity index (χ3n) is 6.06. The Kier molecular flexibility index (Phi) is 9.08.